The third-order valence-corrected chi connectivity index (χ3v) is 3.49. The van der Waals surface area contributed by atoms with Crippen molar-refractivity contribution in [3.05, 3.63) is 28.8 Å². The van der Waals surface area contributed by atoms with Crippen molar-refractivity contribution in [1.29, 1.82) is 0 Å². The Bertz CT molecular complexity index is 457. The molecule has 0 radical (unpaired) electrons. The van der Waals surface area contributed by atoms with Crippen LogP contribution in [0.25, 0.3) is 0 Å². The second-order valence-corrected chi connectivity index (χ2v) is 5.32. The molecular weight excluding hydrogens is 264 g/mol. The van der Waals surface area contributed by atoms with E-state index in [9.17, 15) is 4.79 Å². The lowest BCUT2D eigenvalue weighted by Crippen LogP contribution is -2.22. The Morgan fingerprint density at radius 3 is 2.95 bits per heavy atom. The number of nitrogens with zero attached hydrogens (tertiary/aromatic N) is 1. The summed E-state index contributed by atoms with van der Waals surface area (Å²) in [7, 11) is 3.43. The number of amides is 1. The number of hydrogen-bond acceptors (Lipinski definition) is 3. The Kier molecular flexibility index (Phi) is 4.66. The SMILES string of the molecule is CN(C)C(=O)c1cc(NCC2CCCO2)ccc1Cl. The Hall–Kier alpha value is -1.26. The summed E-state index contributed by atoms with van der Waals surface area (Å²) in [5.41, 5.74) is 1.41. The number of halogens is 1. The van der Waals surface area contributed by atoms with Crippen molar-refractivity contribution in [3.63, 3.8) is 0 Å². The fraction of sp³-hybridized carbons (Fsp3) is 0.500. The standard InChI is InChI=1S/C14H19ClN2O2/c1-17(2)14(18)12-8-10(5-6-13(12)15)16-9-11-4-3-7-19-11/h5-6,8,11,16H,3-4,7,9H2,1-2H3. The molecule has 1 saturated heterocycles. The van der Waals surface area contributed by atoms with Gasteiger partial charge in [0.05, 0.1) is 16.7 Å². The zero-order chi connectivity index (χ0) is 13.8. The molecule has 1 fully saturated rings. The first-order valence-electron chi connectivity index (χ1n) is 6.44. The van der Waals surface area contributed by atoms with Gasteiger partial charge in [0.2, 0.25) is 0 Å². The highest BCUT2D eigenvalue weighted by atomic mass is 35.5. The topological polar surface area (TPSA) is 41.6 Å². The predicted molar refractivity (Wildman–Crippen MR) is 76.9 cm³/mol. The molecule has 0 aliphatic carbocycles. The Balaban J connectivity index is 2.05. The van der Waals surface area contributed by atoms with Crippen LogP contribution in [-0.4, -0.2) is 44.2 Å². The third kappa shape index (κ3) is 3.61. The molecule has 0 bridgehead atoms. The minimum Gasteiger partial charge on any atom is -0.382 e. The lowest BCUT2D eigenvalue weighted by molar-refractivity contribution is 0.0828. The van der Waals surface area contributed by atoms with Gasteiger partial charge in [0.15, 0.2) is 0 Å². The lowest BCUT2D eigenvalue weighted by Gasteiger charge is -2.15. The number of rotatable bonds is 4. The summed E-state index contributed by atoms with van der Waals surface area (Å²) in [4.78, 5) is 13.5. The van der Waals surface area contributed by atoms with Gasteiger partial charge in [0.1, 0.15) is 0 Å². The molecule has 1 aromatic carbocycles. The fourth-order valence-corrected chi connectivity index (χ4v) is 2.28. The maximum absolute atomic E-state index is 12.0. The molecule has 2 rings (SSSR count). The van der Waals surface area contributed by atoms with Crippen molar-refractivity contribution in [2.24, 2.45) is 0 Å². The molecule has 0 spiro atoms. The number of benzene rings is 1. The van der Waals surface area contributed by atoms with Gasteiger partial charge in [0, 0.05) is 32.9 Å². The fourth-order valence-electron chi connectivity index (χ4n) is 2.08. The number of ether oxygens (including phenoxy) is 1. The number of nitrogens with one attached hydrogen (secondary N) is 1. The van der Waals surface area contributed by atoms with Gasteiger partial charge >= 0.3 is 0 Å². The molecule has 1 unspecified atom stereocenters. The van der Waals surface area contributed by atoms with E-state index in [1.807, 2.05) is 6.07 Å². The van der Waals surface area contributed by atoms with Crippen LogP contribution in [0.3, 0.4) is 0 Å². The summed E-state index contributed by atoms with van der Waals surface area (Å²) in [6.45, 7) is 1.61. The van der Waals surface area contributed by atoms with E-state index in [1.54, 1.807) is 26.2 Å². The van der Waals surface area contributed by atoms with Crippen LogP contribution in [-0.2, 0) is 4.74 Å². The second-order valence-electron chi connectivity index (χ2n) is 4.91. The van der Waals surface area contributed by atoms with E-state index in [2.05, 4.69) is 5.32 Å². The van der Waals surface area contributed by atoms with Crippen LogP contribution in [0.1, 0.15) is 23.2 Å². The van der Waals surface area contributed by atoms with Crippen molar-refractivity contribution < 1.29 is 9.53 Å². The highest BCUT2D eigenvalue weighted by Gasteiger charge is 2.16. The molecule has 5 heteroatoms. The first kappa shape index (κ1) is 14.2. The van der Waals surface area contributed by atoms with E-state index in [1.165, 1.54) is 4.90 Å². The van der Waals surface area contributed by atoms with Crippen LogP contribution >= 0.6 is 11.6 Å². The van der Waals surface area contributed by atoms with Crippen LogP contribution in [0.4, 0.5) is 5.69 Å². The molecule has 1 amide bonds. The molecule has 1 aliphatic heterocycles. The minimum atomic E-state index is -0.0919. The van der Waals surface area contributed by atoms with E-state index in [0.717, 1.165) is 31.7 Å². The molecule has 1 atom stereocenters. The summed E-state index contributed by atoms with van der Waals surface area (Å²) in [6, 6.07) is 5.42. The predicted octanol–water partition coefficient (Wildman–Crippen LogP) is 2.63. The van der Waals surface area contributed by atoms with Crippen molar-refractivity contribution >= 4 is 23.2 Å². The molecule has 1 heterocycles. The second kappa shape index (κ2) is 6.26. The summed E-state index contributed by atoms with van der Waals surface area (Å²) in [5, 5.41) is 3.77. The third-order valence-electron chi connectivity index (χ3n) is 3.16. The maximum Gasteiger partial charge on any atom is 0.254 e. The number of hydrogen-bond donors (Lipinski definition) is 1. The van der Waals surface area contributed by atoms with Crippen molar-refractivity contribution in [1.82, 2.24) is 4.90 Å². The molecule has 1 aliphatic rings. The van der Waals surface area contributed by atoms with Gasteiger partial charge in [-0.2, -0.15) is 0 Å². The Morgan fingerprint density at radius 2 is 2.32 bits per heavy atom. The van der Waals surface area contributed by atoms with E-state index >= 15 is 0 Å². The quantitative estimate of drug-likeness (QED) is 0.923. The van der Waals surface area contributed by atoms with E-state index in [0.29, 0.717) is 10.6 Å². The van der Waals surface area contributed by atoms with Gasteiger partial charge in [0.25, 0.3) is 5.91 Å². The molecular formula is C14H19ClN2O2. The van der Waals surface area contributed by atoms with E-state index in [-0.39, 0.29) is 12.0 Å². The van der Waals surface area contributed by atoms with Crippen molar-refractivity contribution in [2.45, 2.75) is 18.9 Å². The summed E-state index contributed by atoms with van der Waals surface area (Å²) in [5.74, 6) is -0.0919. The number of anilines is 1. The average molecular weight is 283 g/mol. The van der Waals surface area contributed by atoms with Crippen molar-refractivity contribution in [2.75, 3.05) is 32.6 Å². The first-order valence-corrected chi connectivity index (χ1v) is 6.82. The normalized spacial score (nSPS) is 18.4. The largest absolute Gasteiger partial charge is 0.382 e. The molecule has 1 aromatic rings. The molecule has 4 nitrogen and oxygen atoms in total. The summed E-state index contributed by atoms with van der Waals surface area (Å²) >= 11 is 6.06. The molecule has 1 N–H and O–H groups in total. The smallest absolute Gasteiger partial charge is 0.254 e. The van der Waals surface area contributed by atoms with Gasteiger partial charge in [-0.25, -0.2) is 0 Å². The monoisotopic (exact) mass is 282 g/mol. The van der Waals surface area contributed by atoms with Gasteiger partial charge in [-0.05, 0) is 31.0 Å². The lowest BCUT2D eigenvalue weighted by atomic mass is 10.1. The minimum absolute atomic E-state index is 0.0919. The first-order chi connectivity index (χ1) is 9.08. The molecule has 104 valence electrons. The van der Waals surface area contributed by atoms with E-state index < -0.39 is 0 Å². The average Bonchev–Trinajstić information content (AvgIpc) is 2.90. The summed E-state index contributed by atoms with van der Waals surface area (Å²) in [6.07, 6.45) is 2.48. The van der Waals surface area contributed by atoms with Crippen LogP contribution in [0, 0.1) is 0 Å². The van der Waals surface area contributed by atoms with Crippen LogP contribution in [0.2, 0.25) is 5.02 Å². The Labute approximate surface area is 118 Å². The van der Waals surface area contributed by atoms with Gasteiger partial charge in [-0.15, -0.1) is 0 Å². The highest BCUT2D eigenvalue weighted by molar-refractivity contribution is 6.34. The highest BCUT2D eigenvalue weighted by Crippen LogP contribution is 2.22. The van der Waals surface area contributed by atoms with Crippen LogP contribution < -0.4 is 5.32 Å². The van der Waals surface area contributed by atoms with Crippen LogP contribution in [0.5, 0.6) is 0 Å². The zero-order valence-electron chi connectivity index (χ0n) is 11.3. The Morgan fingerprint density at radius 1 is 1.53 bits per heavy atom. The van der Waals surface area contributed by atoms with Crippen molar-refractivity contribution in [3.8, 4) is 0 Å². The van der Waals surface area contributed by atoms with E-state index in [4.69, 9.17) is 16.3 Å². The maximum atomic E-state index is 12.0. The van der Waals surface area contributed by atoms with Crippen LogP contribution in [0.15, 0.2) is 18.2 Å². The molecule has 0 aromatic heterocycles. The van der Waals surface area contributed by atoms with Gasteiger partial charge in [-0.1, -0.05) is 11.6 Å². The zero-order valence-corrected chi connectivity index (χ0v) is 12.0. The van der Waals surface area contributed by atoms with Gasteiger partial charge in [-0.3, -0.25) is 4.79 Å². The number of carbonyl (C=O) groups excluding carboxylic acids is 1. The molecule has 0 saturated carbocycles. The molecule has 19 heavy (non-hydrogen) atoms. The summed E-state index contributed by atoms with van der Waals surface area (Å²) < 4.78 is 5.55. The van der Waals surface area contributed by atoms with Gasteiger partial charge < -0.3 is 15.0 Å². The number of carbonyl (C=O) groups is 1.